The lowest BCUT2D eigenvalue weighted by atomic mass is 9.90. The lowest BCUT2D eigenvalue weighted by Gasteiger charge is -2.45. The molecule has 146 valence electrons. The van der Waals surface area contributed by atoms with E-state index in [4.69, 9.17) is 20.3 Å². The summed E-state index contributed by atoms with van der Waals surface area (Å²) in [6.45, 7) is 1.20. The normalized spacial score (nSPS) is 31.3. The van der Waals surface area contributed by atoms with Gasteiger partial charge in [0.1, 0.15) is 18.3 Å². The summed E-state index contributed by atoms with van der Waals surface area (Å²) in [6, 6.07) is 6.26. The highest BCUT2D eigenvalue weighted by Crippen LogP contribution is 2.44. The van der Waals surface area contributed by atoms with Crippen LogP contribution >= 0.6 is 11.8 Å². The number of rotatable bonds is 6. The number of carbonyl (C=O) groups is 1. The SMILES string of the molecule is COC(=O)[C@]1(Sc2ccc(C)cc2)C[C@H](O)[C@@H](N)[C@H]([C@H](O)[C@H](O)CO)O1. The molecule has 0 aliphatic carbocycles. The van der Waals surface area contributed by atoms with Gasteiger partial charge in [-0.15, -0.1) is 0 Å². The van der Waals surface area contributed by atoms with Gasteiger partial charge >= 0.3 is 5.97 Å². The van der Waals surface area contributed by atoms with Crippen molar-refractivity contribution in [3.63, 3.8) is 0 Å². The molecule has 1 heterocycles. The number of nitrogens with two attached hydrogens (primary N) is 1. The maximum atomic E-state index is 12.5. The number of ether oxygens (including phenoxy) is 2. The van der Waals surface area contributed by atoms with Crippen LogP contribution in [0.4, 0.5) is 0 Å². The van der Waals surface area contributed by atoms with E-state index in [1.54, 1.807) is 12.1 Å². The number of benzene rings is 1. The maximum Gasteiger partial charge on any atom is 0.349 e. The second kappa shape index (κ2) is 8.66. The third kappa shape index (κ3) is 4.37. The largest absolute Gasteiger partial charge is 0.466 e. The molecular formula is C17H25NO7S. The lowest BCUT2D eigenvalue weighted by Crippen LogP contribution is -2.64. The second-order valence-corrected chi connectivity index (χ2v) is 7.67. The maximum absolute atomic E-state index is 12.5. The average Bonchev–Trinajstić information content (AvgIpc) is 2.64. The van der Waals surface area contributed by atoms with E-state index in [2.05, 4.69) is 0 Å². The van der Waals surface area contributed by atoms with Crippen LogP contribution in [0.3, 0.4) is 0 Å². The van der Waals surface area contributed by atoms with Crippen molar-refractivity contribution in [2.45, 2.75) is 53.6 Å². The zero-order valence-electron chi connectivity index (χ0n) is 14.6. The van der Waals surface area contributed by atoms with Crippen molar-refractivity contribution in [2.24, 2.45) is 5.73 Å². The Bertz CT molecular complexity index is 614. The molecule has 8 nitrogen and oxygen atoms in total. The minimum atomic E-state index is -1.65. The van der Waals surface area contributed by atoms with Gasteiger partial charge in [0, 0.05) is 11.3 Å². The Balaban J connectivity index is 2.36. The molecule has 0 unspecified atom stereocenters. The van der Waals surface area contributed by atoms with Crippen LogP contribution in [0.5, 0.6) is 0 Å². The average molecular weight is 387 g/mol. The third-order valence-electron chi connectivity index (χ3n) is 4.35. The number of carbonyl (C=O) groups excluding carboxylic acids is 1. The van der Waals surface area contributed by atoms with E-state index in [9.17, 15) is 20.1 Å². The summed E-state index contributed by atoms with van der Waals surface area (Å²) in [4.78, 5) is 11.5. The summed E-state index contributed by atoms with van der Waals surface area (Å²) < 4.78 is 10.7. The van der Waals surface area contributed by atoms with Crippen LogP contribution in [0.15, 0.2) is 29.2 Å². The van der Waals surface area contributed by atoms with E-state index in [1.165, 1.54) is 7.11 Å². The molecule has 1 aromatic carbocycles. The highest BCUT2D eigenvalue weighted by molar-refractivity contribution is 8.01. The Hall–Kier alpha value is -1.20. The van der Waals surface area contributed by atoms with Gasteiger partial charge in [0.05, 0.1) is 25.9 Å². The standard InChI is InChI=1S/C17H25NO7S/c1-9-3-5-10(6-4-9)26-17(16(23)24-2)7-11(20)13(18)15(25-17)14(22)12(21)8-19/h3-6,11-15,19-22H,7-8,18H2,1-2H3/t11-,12+,13+,14+,15+,17+/m0/s1. The van der Waals surface area contributed by atoms with Crippen molar-refractivity contribution in [2.75, 3.05) is 13.7 Å². The molecule has 6 N–H and O–H groups in total. The molecule has 0 spiro atoms. The number of methoxy groups -OCH3 is 1. The number of hydrogen-bond acceptors (Lipinski definition) is 9. The van der Waals surface area contributed by atoms with Crippen LogP contribution in [-0.2, 0) is 14.3 Å². The Kier molecular flexibility index (Phi) is 7.03. The Morgan fingerprint density at radius 2 is 2.04 bits per heavy atom. The van der Waals surface area contributed by atoms with E-state index in [-0.39, 0.29) is 6.42 Å². The number of aliphatic hydroxyl groups is 4. The molecule has 1 aromatic rings. The Labute approximate surface area is 155 Å². The Morgan fingerprint density at radius 1 is 1.42 bits per heavy atom. The third-order valence-corrected chi connectivity index (χ3v) is 5.61. The Morgan fingerprint density at radius 3 is 2.58 bits per heavy atom. The molecule has 0 amide bonds. The van der Waals surface area contributed by atoms with Crippen molar-refractivity contribution in [1.29, 1.82) is 0 Å². The van der Waals surface area contributed by atoms with Gasteiger partial charge < -0.3 is 35.6 Å². The van der Waals surface area contributed by atoms with Crippen molar-refractivity contribution < 1.29 is 34.7 Å². The molecule has 0 radical (unpaired) electrons. The molecule has 6 atom stereocenters. The van der Waals surface area contributed by atoms with Crippen molar-refractivity contribution in [3.8, 4) is 0 Å². The summed E-state index contributed by atoms with van der Waals surface area (Å²) >= 11 is 1.03. The highest BCUT2D eigenvalue weighted by Gasteiger charge is 2.54. The van der Waals surface area contributed by atoms with Gasteiger partial charge in [-0.05, 0) is 19.1 Å². The summed E-state index contributed by atoms with van der Waals surface area (Å²) in [5.41, 5.74) is 6.94. The summed E-state index contributed by atoms with van der Waals surface area (Å²) in [5.74, 6) is -0.746. The predicted molar refractivity (Wildman–Crippen MR) is 94.4 cm³/mol. The van der Waals surface area contributed by atoms with Gasteiger partial charge in [-0.2, -0.15) is 0 Å². The summed E-state index contributed by atoms with van der Waals surface area (Å²) in [6.07, 6.45) is -5.74. The molecule has 1 saturated heterocycles. The molecule has 0 aromatic heterocycles. The van der Waals surface area contributed by atoms with Crippen molar-refractivity contribution >= 4 is 17.7 Å². The fraction of sp³-hybridized carbons (Fsp3) is 0.588. The van der Waals surface area contributed by atoms with Crippen LogP contribution in [0, 0.1) is 6.92 Å². The quantitative estimate of drug-likeness (QED) is 0.394. The number of thioether (sulfide) groups is 1. The van der Waals surface area contributed by atoms with Gasteiger partial charge in [0.2, 0.25) is 4.93 Å². The van der Waals surface area contributed by atoms with E-state index in [0.717, 1.165) is 17.3 Å². The number of hydrogen-bond donors (Lipinski definition) is 5. The summed E-state index contributed by atoms with van der Waals surface area (Å²) in [7, 11) is 1.19. The van der Waals surface area contributed by atoms with E-state index in [0.29, 0.717) is 4.90 Å². The van der Waals surface area contributed by atoms with Crippen LogP contribution in [-0.4, -0.2) is 75.5 Å². The molecule has 2 rings (SSSR count). The molecule has 26 heavy (non-hydrogen) atoms. The smallest absolute Gasteiger partial charge is 0.349 e. The topological polar surface area (TPSA) is 142 Å². The first-order chi connectivity index (χ1) is 12.2. The number of aliphatic hydroxyl groups excluding tert-OH is 4. The van der Waals surface area contributed by atoms with Crippen LogP contribution in [0.2, 0.25) is 0 Å². The highest BCUT2D eigenvalue weighted by atomic mass is 32.2. The van der Waals surface area contributed by atoms with E-state index >= 15 is 0 Å². The van der Waals surface area contributed by atoms with Crippen LogP contribution in [0.25, 0.3) is 0 Å². The van der Waals surface area contributed by atoms with Gasteiger partial charge in [0.15, 0.2) is 0 Å². The molecule has 9 heteroatoms. The second-order valence-electron chi connectivity index (χ2n) is 6.33. The minimum Gasteiger partial charge on any atom is -0.466 e. The predicted octanol–water partition coefficient (Wildman–Crippen LogP) is -0.852. The van der Waals surface area contributed by atoms with Crippen molar-refractivity contribution in [3.05, 3.63) is 29.8 Å². The monoisotopic (exact) mass is 387 g/mol. The van der Waals surface area contributed by atoms with Gasteiger partial charge in [-0.1, -0.05) is 29.5 Å². The van der Waals surface area contributed by atoms with Crippen molar-refractivity contribution in [1.82, 2.24) is 0 Å². The molecule has 1 aliphatic rings. The molecule has 0 bridgehead atoms. The van der Waals surface area contributed by atoms with E-state index in [1.807, 2.05) is 19.1 Å². The van der Waals surface area contributed by atoms with Gasteiger partial charge in [-0.3, -0.25) is 0 Å². The molecule has 0 saturated carbocycles. The number of aryl methyl sites for hydroxylation is 1. The zero-order valence-corrected chi connectivity index (χ0v) is 15.4. The minimum absolute atomic E-state index is 0.155. The van der Waals surface area contributed by atoms with Gasteiger partial charge in [0.25, 0.3) is 0 Å². The molecular weight excluding hydrogens is 362 g/mol. The first-order valence-electron chi connectivity index (χ1n) is 8.16. The first-order valence-corrected chi connectivity index (χ1v) is 8.98. The molecule has 1 aliphatic heterocycles. The number of esters is 1. The fourth-order valence-electron chi connectivity index (χ4n) is 2.79. The van der Waals surface area contributed by atoms with Crippen LogP contribution in [0.1, 0.15) is 12.0 Å². The molecule has 1 fully saturated rings. The lowest BCUT2D eigenvalue weighted by molar-refractivity contribution is -0.203. The fourth-order valence-corrected chi connectivity index (χ4v) is 4.03. The first kappa shape index (κ1) is 21.1. The van der Waals surface area contributed by atoms with Crippen LogP contribution < -0.4 is 5.73 Å². The zero-order chi connectivity index (χ0) is 19.5. The van der Waals surface area contributed by atoms with Gasteiger partial charge in [-0.25, -0.2) is 4.79 Å². The van der Waals surface area contributed by atoms with E-state index < -0.39 is 48.0 Å². The summed E-state index contributed by atoms with van der Waals surface area (Å²) in [5, 5.41) is 39.4.